The highest BCUT2D eigenvalue weighted by atomic mass is 16.3. The topological polar surface area (TPSA) is 40.5 Å². The maximum atomic E-state index is 9.80. The first kappa shape index (κ1) is 10.7. The molecule has 1 unspecified atom stereocenters. The van der Waals surface area contributed by atoms with Crippen molar-refractivity contribution in [2.45, 2.75) is 39.7 Å². The SMILES string of the molecule is CC(C)C(O)C1=C[C@@](C)(CO)CC1. The minimum atomic E-state index is -0.326. The molecule has 0 saturated carbocycles. The van der Waals surface area contributed by atoms with Gasteiger partial charge in [-0.1, -0.05) is 26.8 Å². The van der Waals surface area contributed by atoms with Gasteiger partial charge >= 0.3 is 0 Å². The largest absolute Gasteiger partial charge is 0.395 e. The van der Waals surface area contributed by atoms with E-state index < -0.39 is 0 Å². The Labute approximate surface area is 80.3 Å². The Morgan fingerprint density at radius 3 is 2.54 bits per heavy atom. The summed E-state index contributed by atoms with van der Waals surface area (Å²) in [6, 6.07) is 0. The minimum Gasteiger partial charge on any atom is -0.395 e. The summed E-state index contributed by atoms with van der Waals surface area (Å²) in [4.78, 5) is 0. The maximum absolute atomic E-state index is 9.80. The van der Waals surface area contributed by atoms with Gasteiger partial charge in [0.05, 0.1) is 12.7 Å². The Kier molecular flexibility index (Phi) is 3.14. The van der Waals surface area contributed by atoms with Crippen LogP contribution in [0.25, 0.3) is 0 Å². The van der Waals surface area contributed by atoms with Gasteiger partial charge in [0.15, 0.2) is 0 Å². The van der Waals surface area contributed by atoms with E-state index in [1.807, 2.05) is 20.8 Å². The Morgan fingerprint density at radius 2 is 2.15 bits per heavy atom. The van der Waals surface area contributed by atoms with Crippen molar-refractivity contribution in [1.82, 2.24) is 0 Å². The molecule has 0 aromatic heterocycles. The van der Waals surface area contributed by atoms with Crippen LogP contribution in [0, 0.1) is 11.3 Å². The Morgan fingerprint density at radius 1 is 1.54 bits per heavy atom. The molecule has 2 nitrogen and oxygen atoms in total. The van der Waals surface area contributed by atoms with Gasteiger partial charge in [-0.3, -0.25) is 0 Å². The third-order valence-electron chi connectivity index (χ3n) is 2.89. The first-order valence-electron chi connectivity index (χ1n) is 4.99. The highest BCUT2D eigenvalue weighted by molar-refractivity contribution is 5.20. The molecule has 1 aliphatic rings. The lowest BCUT2D eigenvalue weighted by Gasteiger charge is -2.17. The lowest BCUT2D eigenvalue weighted by molar-refractivity contribution is 0.158. The van der Waals surface area contributed by atoms with Crippen LogP contribution in [0.1, 0.15) is 33.6 Å². The van der Waals surface area contributed by atoms with E-state index >= 15 is 0 Å². The van der Waals surface area contributed by atoms with Crippen LogP contribution in [0.5, 0.6) is 0 Å². The highest BCUT2D eigenvalue weighted by Crippen LogP contribution is 2.37. The van der Waals surface area contributed by atoms with E-state index in [1.165, 1.54) is 0 Å². The van der Waals surface area contributed by atoms with Crippen molar-refractivity contribution in [3.8, 4) is 0 Å². The second-order valence-corrected chi connectivity index (χ2v) is 4.72. The minimum absolute atomic E-state index is 0.0921. The molecule has 0 heterocycles. The zero-order valence-corrected chi connectivity index (χ0v) is 8.75. The van der Waals surface area contributed by atoms with Crippen molar-refractivity contribution < 1.29 is 10.2 Å². The molecule has 0 fully saturated rings. The van der Waals surface area contributed by atoms with E-state index in [-0.39, 0.29) is 24.0 Å². The summed E-state index contributed by atoms with van der Waals surface area (Å²) in [7, 11) is 0. The summed E-state index contributed by atoms with van der Waals surface area (Å²) in [5.41, 5.74) is 1.01. The highest BCUT2D eigenvalue weighted by Gasteiger charge is 2.30. The van der Waals surface area contributed by atoms with E-state index in [2.05, 4.69) is 6.08 Å². The molecular weight excluding hydrogens is 164 g/mol. The van der Waals surface area contributed by atoms with Crippen LogP contribution in [-0.2, 0) is 0 Å². The van der Waals surface area contributed by atoms with E-state index in [0.29, 0.717) is 0 Å². The van der Waals surface area contributed by atoms with E-state index in [1.54, 1.807) is 0 Å². The predicted molar refractivity (Wildman–Crippen MR) is 53.4 cm³/mol. The molecule has 0 amide bonds. The summed E-state index contributed by atoms with van der Waals surface area (Å²) >= 11 is 0. The smallest absolute Gasteiger partial charge is 0.0773 e. The van der Waals surface area contributed by atoms with Crippen LogP contribution >= 0.6 is 0 Å². The standard InChI is InChI=1S/C11H20O2/c1-8(2)10(13)9-4-5-11(3,6-9)7-12/h6,8,10,12-13H,4-5,7H2,1-3H3/t10?,11-/m0/s1. The fourth-order valence-electron chi connectivity index (χ4n) is 1.81. The maximum Gasteiger partial charge on any atom is 0.0773 e. The second kappa shape index (κ2) is 3.81. The van der Waals surface area contributed by atoms with Crippen molar-refractivity contribution in [1.29, 1.82) is 0 Å². The van der Waals surface area contributed by atoms with Crippen LogP contribution in [0.2, 0.25) is 0 Å². The average Bonchev–Trinajstić information content (AvgIpc) is 2.47. The summed E-state index contributed by atoms with van der Waals surface area (Å²) in [5.74, 6) is 0.271. The molecule has 2 N–H and O–H groups in total. The van der Waals surface area contributed by atoms with Gasteiger partial charge in [0, 0.05) is 5.41 Å². The lowest BCUT2D eigenvalue weighted by atomic mass is 9.92. The van der Waals surface area contributed by atoms with Crippen LogP contribution in [0.15, 0.2) is 11.6 Å². The molecule has 0 saturated heterocycles. The van der Waals surface area contributed by atoms with Gasteiger partial charge in [0.2, 0.25) is 0 Å². The van der Waals surface area contributed by atoms with Gasteiger partial charge in [-0.05, 0) is 24.3 Å². The first-order valence-corrected chi connectivity index (χ1v) is 4.99. The molecule has 2 atom stereocenters. The van der Waals surface area contributed by atoms with Crippen LogP contribution in [-0.4, -0.2) is 22.9 Å². The molecular formula is C11H20O2. The molecule has 0 aliphatic heterocycles. The molecule has 76 valence electrons. The number of rotatable bonds is 3. The number of hydrogen-bond acceptors (Lipinski definition) is 2. The Bertz CT molecular complexity index is 208. The van der Waals surface area contributed by atoms with Crippen molar-refractivity contribution in [3.63, 3.8) is 0 Å². The monoisotopic (exact) mass is 184 g/mol. The molecule has 1 rings (SSSR count). The fourth-order valence-corrected chi connectivity index (χ4v) is 1.81. The van der Waals surface area contributed by atoms with E-state index in [4.69, 9.17) is 5.11 Å². The normalized spacial score (nSPS) is 30.8. The van der Waals surface area contributed by atoms with Gasteiger partial charge in [0.25, 0.3) is 0 Å². The van der Waals surface area contributed by atoms with Crippen molar-refractivity contribution in [3.05, 3.63) is 11.6 Å². The van der Waals surface area contributed by atoms with Crippen molar-refractivity contribution in [2.24, 2.45) is 11.3 Å². The molecule has 1 aliphatic carbocycles. The summed E-state index contributed by atoms with van der Waals surface area (Å²) in [5, 5.41) is 18.9. The summed E-state index contributed by atoms with van der Waals surface area (Å²) in [6.07, 6.45) is 3.62. The number of hydrogen-bond donors (Lipinski definition) is 2. The fraction of sp³-hybridized carbons (Fsp3) is 0.818. The summed E-state index contributed by atoms with van der Waals surface area (Å²) in [6.45, 7) is 6.24. The molecule has 2 heteroatoms. The van der Waals surface area contributed by atoms with Gasteiger partial charge < -0.3 is 10.2 Å². The van der Waals surface area contributed by atoms with E-state index in [9.17, 15) is 5.11 Å². The van der Waals surface area contributed by atoms with Crippen molar-refractivity contribution >= 4 is 0 Å². The molecule has 0 aromatic rings. The zero-order valence-electron chi connectivity index (χ0n) is 8.75. The number of aliphatic hydroxyl groups excluding tert-OH is 2. The Hall–Kier alpha value is -0.340. The van der Waals surface area contributed by atoms with Crippen LogP contribution in [0.4, 0.5) is 0 Å². The molecule has 13 heavy (non-hydrogen) atoms. The van der Waals surface area contributed by atoms with Crippen LogP contribution < -0.4 is 0 Å². The van der Waals surface area contributed by atoms with Gasteiger partial charge in [-0.2, -0.15) is 0 Å². The number of aliphatic hydroxyl groups is 2. The summed E-state index contributed by atoms with van der Waals surface area (Å²) < 4.78 is 0. The van der Waals surface area contributed by atoms with E-state index in [0.717, 1.165) is 18.4 Å². The van der Waals surface area contributed by atoms with Gasteiger partial charge in [-0.25, -0.2) is 0 Å². The quantitative estimate of drug-likeness (QED) is 0.656. The van der Waals surface area contributed by atoms with Crippen LogP contribution in [0.3, 0.4) is 0 Å². The average molecular weight is 184 g/mol. The third-order valence-corrected chi connectivity index (χ3v) is 2.89. The second-order valence-electron chi connectivity index (χ2n) is 4.72. The van der Waals surface area contributed by atoms with Crippen molar-refractivity contribution in [2.75, 3.05) is 6.61 Å². The Balaban J connectivity index is 2.69. The molecule has 0 radical (unpaired) electrons. The third kappa shape index (κ3) is 2.32. The molecule has 0 spiro atoms. The first-order chi connectivity index (χ1) is 5.98. The van der Waals surface area contributed by atoms with Gasteiger partial charge in [0.1, 0.15) is 0 Å². The lowest BCUT2D eigenvalue weighted by Crippen LogP contribution is -2.17. The zero-order chi connectivity index (χ0) is 10.1. The molecule has 0 bridgehead atoms. The van der Waals surface area contributed by atoms with Gasteiger partial charge in [-0.15, -0.1) is 0 Å². The molecule has 0 aromatic carbocycles. The predicted octanol–water partition coefficient (Wildman–Crippen LogP) is 1.72.